The van der Waals surface area contributed by atoms with Gasteiger partial charge in [-0.15, -0.1) is 0 Å². The molecule has 2 rings (SSSR count). The van der Waals surface area contributed by atoms with Crippen molar-refractivity contribution in [3.05, 3.63) is 71.3 Å². The lowest BCUT2D eigenvalue weighted by molar-refractivity contribution is 0.579. The van der Waals surface area contributed by atoms with Crippen LogP contribution in [0.3, 0.4) is 0 Å². The van der Waals surface area contributed by atoms with Crippen molar-refractivity contribution in [1.29, 1.82) is 0 Å². The lowest BCUT2D eigenvalue weighted by atomic mass is 10.0. The fraction of sp³-hybridized carbons (Fsp3) is 0.222. The normalized spacial score (nSPS) is 11.4. The predicted octanol–water partition coefficient (Wildman–Crippen LogP) is 4.42. The Labute approximate surface area is 143 Å². The first-order valence-electron chi connectivity index (χ1n) is 7.38. The molecule has 2 aromatic rings. The van der Waals surface area contributed by atoms with Crippen molar-refractivity contribution in [3.63, 3.8) is 0 Å². The van der Waals surface area contributed by atoms with Gasteiger partial charge in [-0.3, -0.25) is 0 Å². The highest BCUT2D eigenvalue weighted by atomic mass is 35.5. The number of hydrogen-bond acceptors (Lipinski definition) is 2. The van der Waals surface area contributed by atoms with E-state index in [9.17, 15) is 8.42 Å². The summed E-state index contributed by atoms with van der Waals surface area (Å²) in [5, 5.41) is 0.687. The molecule has 0 amide bonds. The summed E-state index contributed by atoms with van der Waals surface area (Å²) in [6, 6.07) is 14.3. The average molecular weight is 350 g/mol. The topological polar surface area (TPSA) is 46.2 Å². The molecule has 5 heteroatoms. The van der Waals surface area contributed by atoms with E-state index >= 15 is 0 Å². The van der Waals surface area contributed by atoms with Crippen LogP contribution >= 0.6 is 11.6 Å². The quantitative estimate of drug-likeness (QED) is 0.752. The summed E-state index contributed by atoms with van der Waals surface area (Å²) in [5.74, 6) is 0. The van der Waals surface area contributed by atoms with Crippen molar-refractivity contribution in [2.45, 2.75) is 24.7 Å². The highest BCUT2D eigenvalue weighted by Gasteiger charge is 2.12. The van der Waals surface area contributed by atoms with E-state index in [1.807, 2.05) is 31.2 Å². The van der Waals surface area contributed by atoms with Crippen molar-refractivity contribution < 1.29 is 8.42 Å². The zero-order chi connectivity index (χ0) is 16.9. The highest BCUT2D eigenvalue weighted by molar-refractivity contribution is 7.89. The van der Waals surface area contributed by atoms with Gasteiger partial charge in [-0.1, -0.05) is 48.0 Å². The molecule has 0 atom stereocenters. The summed E-state index contributed by atoms with van der Waals surface area (Å²) in [4.78, 5) is 0.291. The van der Waals surface area contributed by atoms with Gasteiger partial charge in [-0.25, -0.2) is 13.1 Å². The van der Waals surface area contributed by atoms with E-state index in [0.717, 1.165) is 23.1 Å². The first kappa shape index (κ1) is 17.7. The minimum absolute atomic E-state index is 0.291. The van der Waals surface area contributed by atoms with Crippen molar-refractivity contribution in [1.82, 2.24) is 4.72 Å². The zero-order valence-electron chi connectivity index (χ0n) is 13.0. The zero-order valence-corrected chi connectivity index (χ0v) is 14.6. The van der Waals surface area contributed by atoms with E-state index in [4.69, 9.17) is 11.6 Å². The van der Waals surface area contributed by atoms with Gasteiger partial charge < -0.3 is 0 Å². The second-order valence-electron chi connectivity index (χ2n) is 5.42. The summed E-state index contributed by atoms with van der Waals surface area (Å²) in [6.07, 6.45) is 1.41. The largest absolute Gasteiger partial charge is 0.240 e. The number of nitrogens with one attached hydrogen (secondary N) is 1. The first-order chi connectivity index (χ1) is 10.9. The number of benzene rings is 2. The molecule has 0 aliphatic rings. The van der Waals surface area contributed by atoms with E-state index in [2.05, 4.69) is 11.3 Å². The lowest BCUT2D eigenvalue weighted by Gasteiger charge is -2.09. The Bertz CT molecular complexity index is 766. The van der Waals surface area contributed by atoms with Gasteiger partial charge >= 0.3 is 0 Å². The third-order valence-corrected chi connectivity index (χ3v) is 5.26. The number of rotatable bonds is 7. The third-order valence-electron chi connectivity index (χ3n) is 3.53. The maximum Gasteiger partial charge on any atom is 0.240 e. The molecule has 0 aliphatic carbocycles. The molecule has 3 nitrogen and oxygen atoms in total. The van der Waals surface area contributed by atoms with Crippen molar-refractivity contribution >= 4 is 27.2 Å². The summed E-state index contributed by atoms with van der Waals surface area (Å²) >= 11 is 5.85. The van der Waals surface area contributed by atoms with Crippen molar-refractivity contribution in [2.75, 3.05) is 6.54 Å². The molecule has 1 N–H and O–H groups in total. The van der Waals surface area contributed by atoms with Crippen molar-refractivity contribution in [2.24, 2.45) is 0 Å². The number of allylic oxidation sites excluding steroid dienone is 1. The molecule has 2 aromatic carbocycles. The van der Waals surface area contributed by atoms with Crippen LogP contribution in [-0.4, -0.2) is 15.0 Å². The summed E-state index contributed by atoms with van der Waals surface area (Å²) in [7, 11) is -3.44. The maximum absolute atomic E-state index is 12.1. The molecule has 0 heterocycles. The molecule has 0 aromatic heterocycles. The van der Waals surface area contributed by atoms with Crippen LogP contribution in [0.15, 0.2) is 60.0 Å². The van der Waals surface area contributed by atoms with Gasteiger partial charge in [0.15, 0.2) is 0 Å². The Kier molecular flexibility index (Phi) is 5.99. The highest BCUT2D eigenvalue weighted by Crippen LogP contribution is 2.20. The minimum Gasteiger partial charge on any atom is -0.211 e. The molecule has 23 heavy (non-hydrogen) atoms. The standard InChI is InChI=1S/C18H20ClNO2S/c1-14-5-11-18(12-6-14)23(21,22)20-13-3-4-15(2)16-7-9-17(19)10-8-16/h5-12,20H,2-4,13H2,1H3. The van der Waals surface area contributed by atoms with Crippen molar-refractivity contribution in [3.8, 4) is 0 Å². The third kappa shape index (κ3) is 5.20. The summed E-state index contributed by atoms with van der Waals surface area (Å²) < 4.78 is 26.9. The Morgan fingerprint density at radius 2 is 1.70 bits per heavy atom. The summed E-state index contributed by atoms with van der Waals surface area (Å²) in [6.45, 7) is 6.34. The molecular formula is C18H20ClNO2S. The smallest absolute Gasteiger partial charge is 0.211 e. The van der Waals surface area contributed by atoms with Gasteiger partial charge in [0.25, 0.3) is 0 Å². The van der Waals surface area contributed by atoms with E-state index < -0.39 is 10.0 Å². The molecule has 0 radical (unpaired) electrons. The van der Waals surface area contributed by atoms with E-state index in [0.29, 0.717) is 22.9 Å². The summed E-state index contributed by atoms with van der Waals surface area (Å²) in [5.41, 5.74) is 3.02. The van der Waals surface area contributed by atoms with Gasteiger partial charge in [0.2, 0.25) is 10.0 Å². The Balaban J connectivity index is 1.83. The fourth-order valence-corrected chi connectivity index (χ4v) is 3.34. The van der Waals surface area contributed by atoms with Crippen LogP contribution in [0.2, 0.25) is 5.02 Å². The Morgan fingerprint density at radius 3 is 2.30 bits per heavy atom. The average Bonchev–Trinajstić information content (AvgIpc) is 2.52. The van der Waals surface area contributed by atoms with Crippen LogP contribution in [0.25, 0.3) is 5.57 Å². The van der Waals surface area contributed by atoms with Gasteiger partial charge in [0.1, 0.15) is 0 Å². The minimum atomic E-state index is -3.44. The second-order valence-corrected chi connectivity index (χ2v) is 7.63. The number of aryl methyl sites for hydroxylation is 1. The van der Waals surface area contributed by atoms with E-state index in [-0.39, 0.29) is 0 Å². The van der Waals surface area contributed by atoms with Crippen LogP contribution in [0.4, 0.5) is 0 Å². The molecule has 0 fully saturated rings. The maximum atomic E-state index is 12.1. The number of sulfonamides is 1. The molecule has 0 saturated carbocycles. The molecular weight excluding hydrogens is 330 g/mol. The van der Waals surface area contributed by atoms with Gasteiger partial charge in [0.05, 0.1) is 4.90 Å². The SMILES string of the molecule is C=C(CCCNS(=O)(=O)c1ccc(C)cc1)c1ccc(Cl)cc1. The molecule has 0 unspecified atom stereocenters. The van der Waals surface area contributed by atoms with Gasteiger partial charge in [-0.2, -0.15) is 0 Å². The number of halogens is 1. The second kappa shape index (κ2) is 7.77. The molecule has 0 saturated heterocycles. The van der Waals surface area contributed by atoms with Crippen LogP contribution in [0.1, 0.15) is 24.0 Å². The van der Waals surface area contributed by atoms with E-state index in [1.165, 1.54) is 0 Å². The van der Waals surface area contributed by atoms with Crippen LogP contribution < -0.4 is 4.72 Å². The van der Waals surface area contributed by atoms with Gasteiger partial charge in [0, 0.05) is 11.6 Å². The first-order valence-corrected chi connectivity index (χ1v) is 9.25. The Hall–Kier alpha value is -1.62. The molecule has 122 valence electrons. The fourth-order valence-electron chi connectivity index (χ4n) is 2.14. The van der Waals surface area contributed by atoms with Crippen LogP contribution in [-0.2, 0) is 10.0 Å². The number of hydrogen-bond donors (Lipinski definition) is 1. The van der Waals surface area contributed by atoms with Gasteiger partial charge in [-0.05, 0) is 55.2 Å². The molecule has 0 spiro atoms. The predicted molar refractivity (Wildman–Crippen MR) is 96.1 cm³/mol. The monoisotopic (exact) mass is 349 g/mol. The molecule has 0 aliphatic heterocycles. The van der Waals surface area contributed by atoms with Crippen LogP contribution in [0.5, 0.6) is 0 Å². The van der Waals surface area contributed by atoms with Crippen LogP contribution in [0, 0.1) is 6.92 Å². The Morgan fingerprint density at radius 1 is 1.09 bits per heavy atom. The van der Waals surface area contributed by atoms with E-state index in [1.54, 1.807) is 24.3 Å². The molecule has 0 bridgehead atoms. The lowest BCUT2D eigenvalue weighted by Crippen LogP contribution is -2.24.